The zero-order valence-corrected chi connectivity index (χ0v) is 14.1. The fraction of sp³-hybridized carbons (Fsp3) is 0.471. The van der Waals surface area contributed by atoms with Crippen LogP contribution in [0.3, 0.4) is 0 Å². The lowest BCUT2D eigenvalue weighted by Gasteiger charge is -2.30. The molecular formula is C17H21N3O4. The van der Waals surface area contributed by atoms with Crippen LogP contribution in [-0.2, 0) is 0 Å². The summed E-state index contributed by atoms with van der Waals surface area (Å²) < 4.78 is 15.7. The Morgan fingerprint density at radius 1 is 1.21 bits per heavy atom. The first kappa shape index (κ1) is 16.3. The van der Waals surface area contributed by atoms with Crippen molar-refractivity contribution in [2.75, 3.05) is 27.3 Å². The summed E-state index contributed by atoms with van der Waals surface area (Å²) in [6.07, 6.45) is 1.64. The summed E-state index contributed by atoms with van der Waals surface area (Å²) in [7, 11) is 3.13. The molecule has 0 unspecified atom stereocenters. The van der Waals surface area contributed by atoms with Gasteiger partial charge in [-0.25, -0.2) is 0 Å². The van der Waals surface area contributed by atoms with Crippen LogP contribution >= 0.6 is 0 Å². The average Bonchev–Trinajstić information content (AvgIpc) is 3.07. The Morgan fingerprint density at radius 3 is 2.50 bits per heavy atom. The van der Waals surface area contributed by atoms with Gasteiger partial charge in [0.05, 0.1) is 14.2 Å². The van der Waals surface area contributed by atoms with Crippen LogP contribution in [0.15, 0.2) is 22.7 Å². The molecule has 2 aromatic rings. The van der Waals surface area contributed by atoms with E-state index in [4.69, 9.17) is 14.0 Å². The number of aromatic nitrogens is 2. The standard InChI is InChI=1S/C17H21N3O4/c1-11-18-16(24-19-11)12-6-8-20(9-7-12)17(21)13-4-5-14(22-2)15(10-13)23-3/h4-5,10,12H,6-9H2,1-3H3. The van der Waals surface area contributed by atoms with Crippen molar-refractivity contribution < 1.29 is 18.8 Å². The number of methoxy groups -OCH3 is 2. The summed E-state index contributed by atoms with van der Waals surface area (Å²) in [5.41, 5.74) is 0.597. The zero-order valence-electron chi connectivity index (χ0n) is 14.1. The molecule has 1 aromatic carbocycles. The van der Waals surface area contributed by atoms with Crippen LogP contribution in [-0.4, -0.2) is 48.3 Å². The third kappa shape index (κ3) is 3.20. The first-order valence-electron chi connectivity index (χ1n) is 7.94. The highest BCUT2D eigenvalue weighted by atomic mass is 16.5. The predicted molar refractivity (Wildman–Crippen MR) is 86.5 cm³/mol. The van der Waals surface area contributed by atoms with Crippen LogP contribution in [0.5, 0.6) is 11.5 Å². The van der Waals surface area contributed by atoms with Crippen molar-refractivity contribution in [2.45, 2.75) is 25.7 Å². The Morgan fingerprint density at radius 2 is 1.92 bits per heavy atom. The highest BCUT2D eigenvalue weighted by Crippen LogP contribution is 2.30. The van der Waals surface area contributed by atoms with Gasteiger partial charge >= 0.3 is 0 Å². The molecule has 2 heterocycles. The molecule has 0 N–H and O–H groups in total. The number of benzene rings is 1. The minimum atomic E-state index is -0.00360. The molecule has 0 aliphatic carbocycles. The second kappa shape index (κ2) is 6.90. The molecule has 24 heavy (non-hydrogen) atoms. The summed E-state index contributed by atoms with van der Waals surface area (Å²) in [6, 6.07) is 5.23. The number of piperidine rings is 1. The summed E-state index contributed by atoms with van der Waals surface area (Å²) in [5, 5.41) is 3.84. The second-order valence-corrected chi connectivity index (χ2v) is 5.82. The van der Waals surface area contributed by atoms with Gasteiger partial charge in [0.1, 0.15) is 0 Å². The van der Waals surface area contributed by atoms with E-state index in [2.05, 4.69) is 10.1 Å². The summed E-state index contributed by atoms with van der Waals surface area (Å²) >= 11 is 0. The van der Waals surface area contributed by atoms with E-state index in [1.807, 2.05) is 11.8 Å². The van der Waals surface area contributed by atoms with Crippen molar-refractivity contribution in [2.24, 2.45) is 0 Å². The Labute approximate surface area is 140 Å². The van der Waals surface area contributed by atoms with E-state index < -0.39 is 0 Å². The summed E-state index contributed by atoms with van der Waals surface area (Å²) in [5.74, 6) is 2.70. The van der Waals surface area contributed by atoms with Crippen molar-refractivity contribution in [3.63, 3.8) is 0 Å². The molecular weight excluding hydrogens is 310 g/mol. The van der Waals surface area contributed by atoms with Gasteiger partial charge in [-0.2, -0.15) is 4.98 Å². The van der Waals surface area contributed by atoms with Gasteiger partial charge in [-0.3, -0.25) is 4.79 Å². The third-order valence-electron chi connectivity index (χ3n) is 4.31. The predicted octanol–water partition coefficient (Wildman–Crippen LogP) is 2.42. The van der Waals surface area contributed by atoms with Gasteiger partial charge in [0.2, 0.25) is 5.89 Å². The third-order valence-corrected chi connectivity index (χ3v) is 4.31. The number of carbonyl (C=O) groups excluding carboxylic acids is 1. The van der Waals surface area contributed by atoms with Gasteiger partial charge in [-0.1, -0.05) is 5.16 Å². The molecule has 1 aliphatic heterocycles. The maximum Gasteiger partial charge on any atom is 0.253 e. The molecule has 0 radical (unpaired) electrons. The molecule has 3 rings (SSSR count). The van der Waals surface area contributed by atoms with Crippen LogP contribution in [0, 0.1) is 6.92 Å². The molecule has 0 bridgehead atoms. The molecule has 0 spiro atoms. The minimum Gasteiger partial charge on any atom is -0.493 e. The Balaban J connectivity index is 1.67. The fourth-order valence-corrected chi connectivity index (χ4v) is 2.96. The van der Waals surface area contributed by atoms with Gasteiger partial charge in [-0.05, 0) is 38.0 Å². The van der Waals surface area contributed by atoms with Crippen LogP contribution in [0.2, 0.25) is 0 Å². The number of hydrogen-bond donors (Lipinski definition) is 0. The van der Waals surface area contributed by atoms with E-state index in [1.165, 1.54) is 0 Å². The zero-order chi connectivity index (χ0) is 17.1. The minimum absolute atomic E-state index is 0.00360. The number of carbonyl (C=O) groups is 1. The molecule has 1 aliphatic rings. The Hall–Kier alpha value is -2.57. The molecule has 0 atom stereocenters. The van der Waals surface area contributed by atoms with E-state index >= 15 is 0 Å². The number of amides is 1. The molecule has 7 nitrogen and oxygen atoms in total. The van der Waals surface area contributed by atoms with Crippen LogP contribution in [0.1, 0.15) is 40.8 Å². The van der Waals surface area contributed by atoms with Crippen molar-refractivity contribution in [3.05, 3.63) is 35.5 Å². The molecule has 128 valence electrons. The average molecular weight is 331 g/mol. The first-order chi connectivity index (χ1) is 11.6. The smallest absolute Gasteiger partial charge is 0.253 e. The largest absolute Gasteiger partial charge is 0.493 e. The van der Waals surface area contributed by atoms with Crippen molar-refractivity contribution >= 4 is 5.91 Å². The number of ether oxygens (including phenoxy) is 2. The Bertz CT molecular complexity index is 720. The van der Waals surface area contributed by atoms with E-state index in [1.54, 1.807) is 32.4 Å². The quantitative estimate of drug-likeness (QED) is 0.856. The lowest BCUT2D eigenvalue weighted by molar-refractivity contribution is 0.0704. The van der Waals surface area contributed by atoms with Crippen LogP contribution < -0.4 is 9.47 Å². The molecule has 1 saturated heterocycles. The lowest BCUT2D eigenvalue weighted by atomic mass is 9.96. The fourth-order valence-electron chi connectivity index (χ4n) is 2.96. The normalized spacial score (nSPS) is 15.4. The van der Waals surface area contributed by atoms with Gasteiger partial charge in [0.25, 0.3) is 5.91 Å². The van der Waals surface area contributed by atoms with E-state index in [0.717, 1.165) is 12.8 Å². The van der Waals surface area contributed by atoms with E-state index in [9.17, 15) is 4.79 Å². The first-order valence-corrected chi connectivity index (χ1v) is 7.94. The Kier molecular flexibility index (Phi) is 4.69. The van der Waals surface area contributed by atoms with Crippen molar-refractivity contribution in [1.29, 1.82) is 0 Å². The number of hydrogen-bond acceptors (Lipinski definition) is 6. The maximum atomic E-state index is 12.7. The molecule has 1 fully saturated rings. The molecule has 1 amide bonds. The number of likely N-dealkylation sites (tertiary alicyclic amines) is 1. The monoisotopic (exact) mass is 331 g/mol. The van der Waals surface area contributed by atoms with Gasteiger partial charge in [0.15, 0.2) is 17.3 Å². The molecule has 0 saturated carbocycles. The van der Waals surface area contributed by atoms with Gasteiger partial charge in [-0.15, -0.1) is 0 Å². The van der Waals surface area contributed by atoms with Gasteiger partial charge < -0.3 is 18.9 Å². The number of aryl methyl sites for hydroxylation is 1. The van der Waals surface area contributed by atoms with Crippen LogP contribution in [0.25, 0.3) is 0 Å². The SMILES string of the molecule is COc1ccc(C(=O)N2CCC(c3nc(C)no3)CC2)cc1OC. The van der Waals surface area contributed by atoms with Gasteiger partial charge in [0, 0.05) is 24.6 Å². The van der Waals surface area contributed by atoms with Crippen LogP contribution in [0.4, 0.5) is 0 Å². The number of rotatable bonds is 4. The van der Waals surface area contributed by atoms with Crippen molar-refractivity contribution in [3.8, 4) is 11.5 Å². The summed E-state index contributed by atoms with van der Waals surface area (Å²) in [4.78, 5) is 18.8. The van der Waals surface area contributed by atoms with Crippen molar-refractivity contribution in [1.82, 2.24) is 15.0 Å². The van der Waals surface area contributed by atoms with E-state index in [-0.39, 0.29) is 11.8 Å². The summed E-state index contributed by atoms with van der Waals surface area (Å²) in [6.45, 7) is 3.14. The molecule has 1 aromatic heterocycles. The maximum absolute atomic E-state index is 12.7. The highest BCUT2D eigenvalue weighted by Gasteiger charge is 2.28. The topological polar surface area (TPSA) is 77.7 Å². The second-order valence-electron chi connectivity index (χ2n) is 5.82. The lowest BCUT2D eigenvalue weighted by Crippen LogP contribution is -2.38. The van der Waals surface area contributed by atoms with E-state index in [0.29, 0.717) is 41.9 Å². The number of nitrogens with zero attached hydrogens (tertiary/aromatic N) is 3. The molecule has 7 heteroatoms. The highest BCUT2D eigenvalue weighted by molar-refractivity contribution is 5.95.